The number of amides is 1. The third-order valence-corrected chi connectivity index (χ3v) is 16.2. The summed E-state index contributed by atoms with van der Waals surface area (Å²) in [6.07, 6.45) is 60.2. The molecule has 6 N–H and O–H groups in total. The number of aliphatic hydroxyl groups is 5. The molecular weight excluding hydrogens is 911 g/mol. The van der Waals surface area contributed by atoms with Gasteiger partial charge < -0.3 is 40.3 Å². The largest absolute Gasteiger partial charge is 0.394 e. The maximum Gasteiger partial charge on any atom is 0.220 e. The van der Waals surface area contributed by atoms with E-state index in [1.807, 2.05) is 0 Å². The van der Waals surface area contributed by atoms with Gasteiger partial charge in [-0.2, -0.15) is 0 Å². The first-order valence-corrected chi connectivity index (χ1v) is 32.7. The molecule has 0 aromatic carbocycles. The molecule has 0 bridgehead atoms. The molecule has 0 radical (unpaired) electrons. The number of hydrogen-bond donors (Lipinski definition) is 6. The zero-order valence-corrected chi connectivity index (χ0v) is 48.7. The van der Waals surface area contributed by atoms with Crippen LogP contribution in [0.2, 0.25) is 0 Å². The van der Waals surface area contributed by atoms with Gasteiger partial charge in [-0.25, -0.2) is 0 Å². The number of hydrogen-bond acceptors (Lipinski definition) is 8. The SMILES string of the molecule is CCCCCCCCCCCCCCCCCCCCCCCCCCCCCCCCCCC(O)C(COC1OC(CO)C(O)C(O)C1O)NC(=O)CCCCCCCCCCCCCCCCCCCC. The first-order chi connectivity index (χ1) is 35.8. The Labute approximate surface area is 453 Å². The van der Waals surface area contributed by atoms with Crippen LogP contribution in [-0.4, -0.2) is 87.5 Å². The van der Waals surface area contributed by atoms with Crippen LogP contribution in [0.25, 0.3) is 0 Å². The van der Waals surface area contributed by atoms with Crippen LogP contribution in [0.3, 0.4) is 0 Å². The highest BCUT2D eigenvalue weighted by Crippen LogP contribution is 2.24. The average Bonchev–Trinajstić information content (AvgIpc) is 3.39. The molecular formula is C64H127NO8. The first kappa shape index (κ1) is 70.2. The monoisotopic (exact) mass is 1040 g/mol. The van der Waals surface area contributed by atoms with Crippen LogP contribution in [0.15, 0.2) is 0 Å². The topological polar surface area (TPSA) is 149 Å². The van der Waals surface area contributed by atoms with Crippen molar-refractivity contribution in [2.45, 2.75) is 391 Å². The normalized spacial score (nSPS) is 18.9. The van der Waals surface area contributed by atoms with Crippen molar-refractivity contribution in [3.05, 3.63) is 0 Å². The van der Waals surface area contributed by atoms with Gasteiger partial charge in [-0.15, -0.1) is 0 Å². The molecule has 1 fully saturated rings. The third kappa shape index (κ3) is 43.8. The number of carbonyl (C=O) groups is 1. The molecule has 9 heteroatoms. The van der Waals surface area contributed by atoms with E-state index >= 15 is 0 Å². The molecule has 1 heterocycles. The summed E-state index contributed by atoms with van der Waals surface area (Å²) in [4.78, 5) is 13.1. The van der Waals surface area contributed by atoms with Crippen LogP contribution in [0.5, 0.6) is 0 Å². The summed E-state index contributed by atoms with van der Waals surface area (Å²) in [6.45, 7) is 3.90. The minimum absolute atomic E-state index is 0.131. The highest BCUT2D eigenvalue weighted by Gasteiger charge is 2.44. The highest BCUT2D eigenvalue weighted by atomic mass is 16.7. The second-order valence-electron chi connectivity index (χ2n) is 23.3. The summed E-state index contributed by atoms with van der Waals surface area (Å²) < 4.78 is 11.3. The Balaban J connectivity index is 2.09. The fourth-order valence-corrected chi connectivity index (χ4v) is 11.0. The standard InChI is InChI=1S/C64H127NO8/c1-3-5-7-9-11-13-15-17-19-21-23-24-25-26-27-28-29-30-31-32-33-34-35-36-37-39-41-43-45-47-49-51-53-58(67)57(56-72-64-63(71)62(70)61(69)59(55-66)73-64)65-60(68)54-52-50-48-46-44-42-40-38-22-20-18-16-14-12-10-8-6-4-2/h57-59,61-64,66-67,69-71H,3-56H2,1-2H3,(H,65,68). The number of rotatable bonds is 58. The van der Waals surface area contributed by atoms with E-state index in [-0.39, 0.29) is 12.5 Å². The zero-order valence-electron chi connectivity index (χ0n) is 48.7. The Kier molecular flexibility index (Phi) is 52.5. The number of ether oxygens (including phenoxy) is 2. The van der Waals surface area contributed by atoms with Crippen LogP contribution >= 0.6 is 0 Å². The number of unbranched alkanes of at least 4 members (excludes halogenated alkanes) is 48. The molecule has 1 rings (SSSR count). The summed E-state index contributed by atoms with van der Waals surface area (Å²) in [5, 5.41) is 54.8. The molecule has 0 aromatic rings. The van der Waals surface area contributed by atoms with Gasteiger partial charge in [-0.05, 0) is 12.8 Å². The van der Waals surface area contributed by atoms with Gasteiger partial charge >= 0.3 is 0 Å². The molecule has 0 spiro atoms. The van der Waals surface area contributed by atoms with Crippen LogP contribution in [0, 0.1) is 0 Å². The summed E-state index contributed by atoms with van der Waals surface area (Å²) >= 11 is 0. The van der Waals surface area contributed by atoms with Gasteiger partial charge in [-0.1, -0.05) is 328 Å². The van der Waals surface area contributed by atoms with Crippen molar-refractivity contribution in [2.75, 3.05) is 13.2 Å². The van der Waals surface area contributed by atoms with Gasteiger partial charge in [0.2, 0.25) is 5.91 Å². The molecule has 0 aromatic heterocycles. The summed E-state index contributed by atoms with van der Waals surface area (Å²) in [6, 6.07) is -0.714. The van der Waals surface area contributed by atoms with Crippen molar-refractivity contribution < 1.29 is 39.8 Å². The van der Waals surface area contributed by atoms with E-state index in [1.54, 1.807) is 0 Å². The van der Waals surface area contributed by atoms with Crippen LogP contribution < -0.4 is 5.32 Å². The van der Waals surface area contributed by atoms with Crippen LogP contribution in [0.1, 0.15) is 348 Å². The van der Waals surface area contributed by atoms with Gasteiger partial charge in [0.15, 0.2) is 6.29 Å². The molecule has 1 aliphatic rings. The van der Waals surface area contributed by atoms with Crippen molar-refractivity contribution >= 4 is 5.91 Å². The molecule has 73 heavy (non-hydrogen) atoms. The fraction of sp³-hybridized carbons (Fsp3) is 0.984. The lowest BCUT2D eigenvalue weighted by molar-refractivity contribution is -0.302. The molecule has 1 aliphatic heterocycles. The molecule has 0 aliphatic carbocycles. The van der Waals surface area contributed by atoms with E-state index in [4.69, 9.17) is 9.47 Å². The minimum atomic E-state index is -1.55. The van der Waals surface area contributed by atoms with Gasteiger partial charge in [0.1, 0.15) is 24.4 Å². The Morgan fingerprint density at radius 1 is 0.411 bits per heavy atom. The van der Waals surface area contributed by atoms with Gasteiger partial charge in [-0.3, -0.25) is 4.79 Å². The molecule has 7 unspecified atom stereocenters. The fourth-order valence-electron chi connectivity index (χ4n) is 11.0. The number of aliphatic hydroxyl groups excluding tert-OH is 5. The van der Waals surface area contributed by atoms with E-state index in [9.17, 15) is 30.3 Å². The third-order valence-electron chi connectivity index (χ3n) is 16.2. The minimum Gasteiger partial charge on any atom is -0.394 e. The zero-order chi connectivity index (χ0) is 52.9. The van der Waals surface area contributed by atoms with Crippen LogP contribution in [-0.2, 0) is 14.3 Å². The van der Waals surface area contributed by atoms with E-state index in [0.29, 0.717) is 12.8 Å². The van der Waals surface area contributed by atoms with Crippen molar-refractivity contribution in [2.24, 2.45) is 0 Å². The molecule has 1 saturated heterocycles. The maximum atomic E-state index is 13.1. The highest BCUT2D eigenvalue weighted by molar-refractivity contribution is 5.76. The Bertz CT molecular complexity index is 1110. The maximum absolute atomic E-state index is 13.1. The van der Waals surface area contributed by atoms with Crippen molar-refractivity contribution in [3.8, 4) is 0 Å². The molecule has 0 saturated carbocycles. The summed E-state index contributed by atoms with van der Waals surface area (Å²) in [5.41, 5.74) is 0. The van der Waals surface area contributed by atoms with E-state index in [2.05, 4.69) is 19.2 Å². The first-order valence-electron chi connectivity index (χ1n) is 32.7. The molecule has 1 amide bonds. The van der Waals surface area contributed by atoms with Crippen molar-refractivity contribution in [1.29, 1.82) is 0 Å². The van der Waals surface area contributed by atoms with Crippen molar-refractivity contribution in [1.82, 2.24) is 5.32 Å². The predicted octanol–water partition coefficient (Wildman–Crippen LogP) is 17.0. The van der Waals surface area contributed by atoms with E-state index in [0.717, 1.165) is 38.5 Å². The molecule has 9 nitrogen and oxygen atoms in total. The summed E-state index contributed by atoms with van der Waals surface area (Å²) in [5.74, 6) is -0.135. The predicted molar refractivity (Wildman–Crippen MR) is 309 cm³/mol. The lowest BCUT2D eigenvalue weighted by Crippen LogP contribution is -2.60. The second kappa shape index (κ2) is 54.5. The number of nitrogens with one attached hydrogen (secondary N) is 1. The Hall–Kier alpha value is -0.810. The number of carbonyl (C=O) groups excluding carboxylic acids is 1. The molecule has 7 atom stereocenters. The Morgan fingerprint density at radius 2 is 0.685 bits per heavy atom. The van der Waals surface area contributed by atoms with E-state index in [1.165, 1.54) is 283 Å². The van der Waals surface area contributed by atoms with Crippen molar-refractivity contribution in [3.63, 3.8) is 0 Å². The van der Waals surface area contributed by atoms with Gasteiger partial charge in [0.05, 0.1) is 25.4 Å². The second-order valence-corrected chi connectivity index (χ2v) is 23.3. The average molecular weight is 1040 g/mol. The molecule has 436 valence electrons. The lowest BCUT2D eigenvalue weighted by Gasteiger charge is -2.40. The van der Waals surface area contributed by atoms with Crippen LogP contribution in [0.4, 0.5) is 0 Å². The smallest absolute Gasteiger partial charge is 0.220 e. The Morgan fingerprint density at radius 3 is 0.973 bits per heavy atom. The quantitative estimate of drug-likeness (QED) is 0.0330. The van der Waals surface area contributed by atoms with Gasteiger partial charge in [0.25, 0.3) is 0 Å². The summed E-state index contributed by atoms with van der Waals surface area (Å²) in [7, 11) is 0. The lowest BCUT2D eigenvalue weighted by atomic mass is 9.99. The van der Waals surface area contributed by atoms with Gasteiger partial charge in [0, 0.05) is 6.42 Å². The van der Waals surface area contributed by atoms with E-state index < -0.39 is 49.5 Å².